The molecule has 13 heteroatoms. The molecule has 3 atom stereocenters. The first-order valence-electron chi connectivity index (χ1n) is 11.6. The van der Waals surface area contributed by atoms with Gasteiger partial charge in [0.1, 0.15) is 12.1 Å². The molecule has 0 radical (unpaired) electrons. The number of guanidine groups is 1. The molecule has 0 saturated heterocycles. The summed E-state index contributed by atoms with van der Waals surface area (Å²) < 4.78 is 0. The van der Waals surface area contributed by atoms with Crippen molar-refractivity contribution in [3.05, 3.63) is 35.9 Å². The maximum atomic E-state index is 12.6. The van der Waals surface area contributed by atoms with Crippen LogP contribution in [0.3, 0.4) is 0 Å². The van der Waals surface area contributed by atoms with Crippen LogP contribution in [0, 0.1) is 5.92 Å². The number of amides is 3. The largest absolute Gasteiger partial charge is 0.481 e. The highest BCUT2D eigenvalue weighted by Gasteiger charge is 2.31. The molecule has 1 aromatic carbocycles. The molecule has 0 aliphatic rings. The summed E-state index contributed by atoms with van der Waals surface area (Å²) in [5.41, 5.74) is 11.9. The predicted octanol–water partition coefficient (Wildman–Crippen LogP) is 0.0282. The average Bonchev–Trinajstić information content (AvgIpc) is 2.83. The zero-order chi connectivity index (χ0) is 28.1. The van der Waals surface area contributed by atoms with Crippen LogP contribution in [0.15, 0.2) is 35.3 Å². The van der Waals surface area contributed by atoms with Crippen molar-refractivity contribution in [3.63, 3.8) is 0 Å². The number of carboxylic acid groups (broad SMARTS) is 2. The number of carbonyl (C=O) groups excluding carboxylic acids is 3. The number of nitrogens with one attached hydrogen (secondary N) is 2. The van der Waals surface area contributed by atoms with Crippen molar-refractivity contribution in [2.45, 2.75) is 45.7 Å². The fourth-order valence-corrected chi connectivity index (χ4v) is 3.16. The molecule has 0 fully saturated rings. The third-order valence-corrected chi connectivity index (χ3v) is 5.40. The molecule has 202 valence electrons. The summed E-state index contributed by atoms with van der Waals surface area (Å²) in [7, 11) is 0. The lowest BCUT2D eigenvalue weighted by Gasteiger charge is -2.25. The van der Waals surface area contributed by atoms with Crippen LogP contribution in [0.4, 0.5) is 5.69 Å². The lowest BCUT2D eigenvalue weighted by molar-refractivity contribution is -0.144. The third-order valence-electron chi connectivity index (χ3n) is 5.40. The van der Waals surface area contributed by atoms with Crippen molar-refractivity contribution in [1.82, 2.24) is 15.5 Å². The van der Waals surface area contributed by atoms with Gasteiger partial charge in [0, 0.05) is 12.6 Å². The average molecular weight is 519 g/mol. The Morgan fingerprint density at radius 1 is 1.05 bits per heavy atom. The molecule has 1 aromatic rings. The molecule has 0 saturated carbocycles. The summed E-state index contributed by atoms with van der Waals surface area (Å²) in [6.07, 6.45) is 2.48. The highest BCUT2D eigenvalue weighted by Crippen LogP contribution is 2.14. The predicted molar refractivity (Wildman–Crippen MR) is 136 cm³/mol. The number of likely N-dealkylation sites (N-methyl/N-ethyl adjacent to an activating group) is 1. The van der Waals surface area contributed by atoms with Crippen LogP contribution in [0.1, 0.15) is 39.2 Å². The first kappa shape index (κ1) is 30.6. The molecule has 37 heavy (non-hydrogen) atoms. The molecule has 8 N–H and O–H groups in total. The third kappa shape index (κ3) is 10.8. The molecule has 0 unspecified atom stereocenters. The molecule has 0 spiro atoms. The fraction of sp³-hybridized carbons (Fsp3) is 0.417. The highest BCUT2D eigenvalue weighted by atomic mass is 16.4. The number of aliphatic imine (C=N–C) groups is 1. The van der Waals surface area contributed by atoms with Gasteiger partial charge in [-0.25, -0.2) is 9.79 Å². The number of aliphatic carboxylic acids is 2. The first-order chi connectivity index (χ1) is 17.4. The van der Waals surface area contributed by atoms with E-state index in [2.05, 4.69) is 15.6 Å². The Morgan fingerprint density at radius 3 is 2.16 bits per heavy atom. The first-order valence-corrected chi connectivity index (χ1v) is 11.6. The molecule has 0 bridgehead atoms. The van der Waals surface area contributed by atoms with Crippen molar-refractivity contribution in [3.8, 4) is 0 Å². The lowest BCUT2D eigenvalue weighted by atomic mass is 9.98. The molecule has 0 aliphatic heterocycles. The van der Waals surface area contributed by atoms with Gasteiger partial charge in [-0.15, -0.1) is 0 Å². The van der Waals surface area contributed by atoms with E-state index in [1.165, 1.54) is 17.1 Å². The second kappa shape index (κ2) is 14.9. The highest BCUT2D eigenvalue weighted by molar-refractivity contribution is 5.96. The normalized spacial score (nSPS) is 13.2. The van der Waals surface area contributed by atoms with E-state index >= 15 is 0 Å². The maximum Gasteiger partial charge on any atom is 0.326 e. The quantitative estimate of drug-likeness (QED) is 0.111. The van der Waals surface area contributed by atoms with Crippen molar-refractivity contribution in [2.75, 3.05) is 13.1 Å². The van der Waals surface area contributed by atoms with Crippen LogP contribution in [0.25, 0.3) is 6.08 Å². The molecule has 0 aliphatic carbocycles. The SMILES string of the molecule is CC[C@H](C)[C@H](NC(=O)[C@H](CC(=O)O)NC(=O)CN(CC)C(=O)C=Cc1ccc(N=C(N)N)cc1)C(=O)O. The second-order valence-electron chi connectivity index (χ2n) is 8.24. The van der Waals surface area contributed by atoms with Crippen molar-refractivity contribution < 1.29 is 34.2 Å². The Kier molecular flexibility index (Phi) is 12.3. The molecule has 3 amide bonds. The van der Waals surface area contributed by atoms with Gasteiger partial charge in [0.05, 0.1) is 18.7 Å². The number of nitrogens with zero attached hydrogens (tertiary/aromatic N) is 2. The number of hydrogen-bond acceptors (Lipinski definition) is 6. The van der Waals surface area contributed by atoms with Crippen LogP contribution < -0.4 is 22.1 Å². The van der Waals surface area contributed by atoms with E-state index in [1.54, 1.807) is 45.0 Å². The standard InChI is InChI=1S/C24H34N6O7/c1-4-14(3)21(23(36)37)29-22(35)17(12-20(33)34)28-18(31)13-30(5-2)19(32)11-8-15-6-9-16(10-7-15)27-24(25)26/h6-11,14,17,21H,4-5,12-13H2,1-3H3,(H,28,31)(H,29,35)(H,33,34)(H,36,37)(H4,25,26,27)/t14-,17-,21-/m0/s1. The van der Waals surface area contributed by atoms with Gasteiger partial charge in [-0.05, 0) is 36.6 Å². The maximum absolute atomic E-state index is 12.6. The Balaban J connectivity index is 2.86. The van der Waals surface area contributed by atoms with Crippen LogP contribution >= 0.6 is 0 Å². The van der Waals surface area contributed by atoms with E-state index in [-0.39, 0.29) is 12.5 Å². The van der Waals surface area contributed by atoms with Gasteiger partial charge in [0.2, 0.25) is 17.7 Å². The minimum atomic E-state index is -1.52. The number of rotatable bonds is 14. The zero-order valence-corrected chi connectivity index (χ0v) is 21.0. The van der Waals surface area contributed by atoms with Gasteiger partial charge in [-0.2, -0.15) is 0 Å². The van der Waals surface area contributed by atoms with Gasteiger partial charge in [0.15, 0.2) is 5.96 Å². The van der Waals surface area contributed by atoms with Crippen LogP contribution in [0.5, 0.6) is 0 Å². The summed E-state index contributed by atoms with van der Waals surface area (Å²) in [6, 6.07) is 3.90. The smallest absolute Gasteiger partial charge is 0.326 e. The van der Waals surface area contributed by atoms with Crippen LogP contribution in [0.2, 0.25) is 0 Å². The number of carboxylic acids is 2. The molecule has 13 nitrogen and oxygen atoms in total. The Bertz CT molecular complexity index is 1030. The second-order valence-corrected chi connectivity index (χ2v) is 8.24. The summed E-state index contributed by atoms with van der Waals surface area (Å²) in [4.78, 5) is 65.6. The van der Waals surface area contributed by atoms with Crippen LogP contribution in [-0.2, 0) is 24.0 Å². The molecular formula is C24H34N6O7. The summed E-state index contributed by atoms with van der Waals surface area (Å²) in [5.74, 6) is -5.37. The van der Waals surface area contributed by atoms with E-state index < -0.39 is 60.6 Å². The van der Waals surface area contributed by atoms with Crippen molar-refractivity contribution in [1.29, 1.82) is 0 Å². The van der Waals surface area contributed by atoms with E-state index in [0.29, 0.717) is 17.7 Å². The Hall–Kier alpha value is -4.42. The van der Waals surface area contributed by atoms with Crippen LogP contribution in [-0.4, -0.2) is 75.9 Å². The summed E-state index contributed by atoms with van der Waals surface area (Å²) >= 11 is 0. The lowest BCUT2D eigenvalue weighted by Crippen LogP contribution is -2.55. The topological polar surface area (TPSA) is 218 Å². The van der Waals surface area contributed by atoms with Gasteiger partial charge in [-0.1, -0.05) is 32.4 Å². The monoisotopic (exact) mass is 518 g/mol. The molecule has 0 heterocycles. The van der Waals surface area contributed by atoms with Crippen molar-refractivity contribution in [2.24, 2.45) is 22.4 Å². The number of carbonyl (C=O) groups is 5. The van der Waals surface area contributed by atoms with Gasteiger partial charge < -0.3 is 37.2 Å². The Morgan fingerprint density at radius 2 is 1.68 bits per heavy atom. The number of nitrogens with two attached hydrogens (primary N) is 2. The minimum Gasteiger partial charge on any atom is -0.481 e. The van der Waals surface area contributed by atoms with Gasteiger partial charge in [-0.3, -0.25) is 19.2 Å². The zero-order valence-electron chi connectivity index (χ0n) is 21.0. The molecular weight excluding hydrogens is 484 g/mol. The fourth-order valence-electron chi connectivity index (χ4n) is 3.16. The van der Waals surface area contributed by atoms with E-state index in [9.17, 15) is 29.1 Å². The van der Waals surface area contributed by atoms with Gasteiger partial charge >= 0.3 is 11.9 Å². The summed E-state index contributed by atoms with van der Waals surface area (Å²) in [6.45, 7) is 4.73. The summed E-state index contributed by atoms with van der Waals surface area (Å²) in [5, 5.41) is 23.1. The number of hydrogen-bond donors (Lipinski definition) is 6. The van der Waals surface area contributed by atoms with Gasteiger partial charge in [0.25, 0.3) is 0 Å². The van der Waals surface area contributed by atoms with E-state index in [1.807, 2.05) is 0 Å². The molecule has 0 aromatic heterocycles. The Labute approximate surface area is 214 Å². The molecule has 1 rings (SSSR count). The van der Waals surface area contributed by atoms with E-state index in [4.69, 9.17) is 16.6 Å². The van der Waals surface area contributed by atoms with Crippen molar-refractivity contribution >= 4 is 47.4 Å². The van der Waals surface area contributed by atoms with E-state index in [0.717, 1.165) is 0 Å². The number of benzene rings is 1. The minimum absolute atomic E-state index is 0.0874.